The minimum atomic E-state index is -2.73. The van der Waals surface area contributed by atoms with E-state index in [0.717, 1.165) is 24.2 Å². The van der Waals surface area contributed by atoms with E-state index in [0.29, 0.717) is 11.3 Å². The lowest BCUT2D eigenvalue weighted by Crippen LogP contribution is -2.21. The van der Waals surface area contributed by atoms with Gasteiger partial charge in [-0.3, -0.25) is 9.48 Å². The van der Waals surface area contributed by atoms with Gasteiger partial charge in [0.25, 0.3) is 6.43 Å². The molecule has 0 spiro atoms. The third kappa shape index (κ3) is 5.09. The number of nitrogens with zero attached hydrogens (tertiary/aromatic N) is 2. The second-order valence-electron chi connectivity index (χ2n) is 6.98. The smallest absolute Gasteiger partial charge is 0.348 e. The van der Waals surface area contributed by atoms with Crippen molar-refractivity contribution in [2.45, 2.75) is 52.5 Å². The van der Waals surface area contributed by atoms with Gasteiger partial charge in [0.15, 0.2) is 0 Å². The number of halogens is 2. The van der Waals surface area contributed by atoms with Gasteiger partial charge in [-0.2, -0.15) is 5.10 Å². The largest absolute Gasteiger partial charge is 0.462 e. The highest BCUT2D eigenvalue weighted by molar-refractivity contribution is 7.18. The van der Waals surface area contributed by atoms with Gasteiger partial charge in [-0.1, -0.05) is 0 Å². The van der Waals surface area contributed by atoms with Gasteiger partial charge in [0.1, 0.15) is 22.1 Å². The van der Waals surface area contributed by atoms with E-state index < -0.39 is 24.3 Å². The molecule has 2 aromatic rings. The Bertz CT molecular complexity index is 997. The zero-order chi connectivity index (χ0) is 22.7. The van der Waals surface area contributed by atoms with Crippen molar-refractivity contribution >= 4 is 34.2 Å². The molecule has 0 unspecified atom stereocenters. The molecule has 168 valence electrons. The fraction of sp³-hybridized carbons (Fsp3) is 0.500. The van der Waals surface area contributed by atoms with Gasteiger partial charge in [0, 0.05) is 11.6 Å². The van der Waals surface area contributed by atoms with Crippen molar-refractivity contribution in [3.63, 3.8) is 0 Å². The second kappa shape index (κ2) is 9.54. The lowest BCUT2D eigenvalue weighted by Gasteiger charge is -2.09. The van der Waals surface area contributed by atoms with E-state index in [-0.39, 0.29) is 46.8 Å². The molecule has 2 heterocycles. The van der Waals surface area contributed by atoms with E-state index in [1.807, 2.05) is 0 Å². The van der Waals surface area contributed by atoms with Crippen molar-refractivity contribution in [2.24, 2.45) is 0 Å². The number of thiophene rings is 1. The number of carbonyl (C=O) groups excluding carboxylic acids is 3. The van der Waals surface area contributed by atoms with Crippen LogP contribution in [0.3, 0.4) is 0 Å². The number of nitrogens with one attached hydrogen (secondary N) is 1. The van der Waals surface area contributed by atoms with E-state index in [2.05, 4.69) is 10.4 Å². The maximum absolute atomic E-state index is 13.1. The number of esters is 2. The van der Waals surface area contributed by atoms with Crippen molar-refractivity contribution in [3.05, 3.63) is 33.5 Å². The summed E-state index contributed by atoms with van der Waals surface area (Å²) in [5, 5.41) is 6.60. The van der Waals surface area contributed by atoms with Gasteiger partial charge in [-0.05, 0) is 45.2 Å². The van der Waals surface area contributed by atoms with Gasteiger partial charge >= 0.3 is 11.9 Å². The molecule has 1 aliphatic rings. The van der Waals surface area contributed by atoms with Crippen LogP contribution in [0.2, 0.25) is 0 Å². The standard InChI is InChI=1S/C20H23F2N3O5S/c1-4-29-19(27)15-10(3)16(20(28)30-5-2)31-18(15)23-14(26)9-25-13(11-6-7-11)8-12(24-25)17(21)22/h8,11,17H,4-7,9H2,1-3H3,(H,23,26). The Morgan fingerprint density at radius 1 is 1.23 bits per heavy atom. The summed E-state index contributed by atoms with van der Waals surface area (Å²) in [5.41, 5.74) is 0.624. The molecule has 1 amide bonds. The van der Waals surface area contributed by atoms with Gasteiger partial charge < -0.3 is 14.8 Å². The number of ether oxygens (including phenoxy) is 2. The highest BCUT2D eigenvalue weighted by Crippen LogP contribution is 2.41. The first-order valence-electron chi connectivity index (χ1n) is 9.90. The third-order valence-corrected chi connectivity index (χ3v) is 5.87. The predicted octanol–water partition coefficient (Wildman–Crippen LogP) is 4.06. The molecule has 2 aromatic heterocycles. The first-order chi connectivity index (χ1) is 14.8. The fourth-order valence-electron chi connectivity index (χ4n) is 3.14. The quantitative estimate of drug-likeness (QED) is 0.573. The molecule has 1 aliphatic carbocycles. The molecule has 3 rings (SSSR count). The number of rotatable bonds is 9. The van der Waals surface area contributed by atoms with Gasteiger partial charge in [-0.25, -0.2) is 18.4 Å². The van der Waals surface area contributed by atoms with Crippen molar-refractivity contribution in [1.29, 1.82) is 0 Å². The molecular formula is C20H23F2N3O5S. The minimum absolute atomic E-state index is 0.0689. The number of carbonyl (C=O) groups is 3. The topological polar surface area (TPSA) is 99.5 Å². The van der Waals surface area contributed by atoms with Crippen LogP contribution in [0, 0.1) is 6.92 Å². The van der Waals surface area contributed by atoms with E-state index in [4.69, 9.17) is 9.47 Å². The molecule has 0 radical (unpaired) electrons. The second-order valence-corrected chi connectivity index (χ2v) is 8.00. The molecule has 1 saturated carbocycles. The number of anilines is 1. The average Bonchev–Trinajstić information content (AvgIpc) is 3.37. The van der Waals surface area contributed by atoms with Crippen LogP contribution >= 0.6 is 11.3 Å². The maximum atomic E-state index is 13.1. The Morgan fingerprint density at radius 3 is 2.45 bits per heavy atom. The molecule has 0 bridgehead atoms. The zero-order valence-corrected chi connectivity index (χ0v) is 18.2. The lowest BCUT2D eigenvalue weighted by atomic mass is 10.1. The third-order valence-electron chi connectivity index (χ3n) is 4.68. The number of aromatic nitrogens is 2. The summed E-state index contributed by atoms with van der Waals surface area (Å²) in [7, 11) is 0. The summed E-state index contributed by atoms with van der Waals surface area (Å²) in [6, 6.07) is 1.33. The van der Waals surface area contributed by atoms with E-state index in [1.54, 1.807) is 20.8 Å². The van der Waals surface area contributed by atoms with Crippen LogP contribution in [0.15, 0.2) is 6.07 Å². The molecule has 0 atom stereocenters. The molecule has 11 heteroatoms. The summed E-state index contributed by atoms with van der Waals surface area (Å²) >= 11 is 0.903. The SMILES string of the molecule is CCOC(=O)c1sc(NC(=O)Cn2nc(C(F)F)cc2C2CC2)c(C(=O)OCC)c1C. The van der Waals surface area contributed by atoms with Gasteiger partial charge in [0.05, 0.1) is 18.8 Å². The first-order valence-corrected chi connectivity index (χ1v) is 10.7. The van der Waals surface area contributed by atoms with Crippen LogP contribution in [0.4, 0.5) is 13.8 Å². The van der Waals surface area contributed by atoms with Crippen molar-refractivity contribution < 1.29 is 32.6 Å². The fourth-order valence-corrected chi connectivity index (χ4v) is 4.24. The number of amides is 1. The van der Waals surface area contributed by atoms with Gasteiger partial charge in [0.2, 0.25) is 5.91 Å². The normalized spacial score (nSPS) is 13.4. The van der Waals surface area contributed by atoms with Gasteiger partial charge in [-0.15, -0.1) is 11.3 Å². The molecule has 8 nitrogen and oxygen atoms in total. The Balaban J connectivity index is 1.86. The minimum Gasteiger partial charge on any atom is -0.462 e. The number of alkyl halides is 2. The first kappa shape index (κ1) is 22.9. The molecule has 31 heavy (non-hydrogen) atoms. The van der Waals surface area contributed by atoms with Crippen LogP contribution < -0.4 is 5.32 Å². The van der Waals surface area contributed by atoms with E-state index in [9.17, 15) is 23.2 Å². The lowest BCUT2D eigenvalue weighted by molar-refractivity contribution is -0.116. The molecule has 0 saturated heterocycles. The van der Waals surface area contributed by atoms with Crippen LogP contribution in [-0.2, 0) is 20.8 Å². The number of hydrogen-bond donors (Lipinski definition) is 1. The van der Waals surface area contributed by atoms with Crippen molar-refractivity contribution in [3.8, 4) is 0 Å². The summed E-state index contributed by atoms with van der Waals surface area (Å²) in [5.74, 6) is -1.74. The summed E-state index contributed by atoms with van der Waals surface area (Å²) in [6.45, 7) is 4.84. The summed E-state index contributed by atoms with van der Waals surface area (Å²) < 4.78 is 37.5. The molecule has 1 N–H and O–H groups in total. The Hall–Kier alpha value is -2.82. The average molecular weight is 455 g/mol. The maximum Gasteiger partial charge on any atom is 0.348 e. The van der Waals surface area contributed by atoms with E-state index in [1.165, 1.54) is 10.7 Å². The highest BCUT2D eigenvalue weighted by atomic mass is 32.1. The monoisotopic (exact) mass is 455 g/mol. The van der Waals surface area contributed by atoms with Crippen LogP contribution in [-0.4, -0.2) is 40.8 Å². The molecule has 1 fully saturated rings. The highest BCUT2D eigenvalue weighted by Gasteiger charge is 2.31. The molecule has 0 aliphatic heterocycles. The Morgan fingerprint density at radius 2 is 1.87 bits per heavy atom. The summed E-state index contributed by atoms with van der Waals surface area (Å²) in [4.78, 5) is 37.5. The Labute approximate surface area is 181 Å². The Kier molecular flexibility index (Phi) is 7.04. The molecular weight excluding hydrogens is 432 g/mol. The van der Waals surface area contributed by atoms with Crippen molar-refractivity contribution in [2.75, 3.05) is 18.5 Å². The van der Waals surface area contributed by atoms with Crippen molar-refractivity contribution in [1.82, 2.24) is 9.78 Å². The summed E-state index contributed by atoms with van der Waals surface area (Å²) in [6.07, 6.45) is -1.02. The predicted molar refractivity (Wildman–Crippen MR) is 109 cm³/mol. The molecule has 0 aromatic carbocycles. The van der Waals surface area contributed by atoms with E-state index >= 15 is 0 Å². The van der Waals surface area contributed by atoms with Crippen LogP contribution in [0.5, 0.6) is 0 Å². The number of hydrogen-bond acceptors (Lipinski definition) is 7. The van der Waals surface area contributed by atoms with Crippen LogP contribution in [0.1, 0.15) is 76.0 Å². The zero-order valence-electron chi connectivity index (χ0n) is 17.4. The van der Waals surface area contributed by atoms with Crippen LogP contribution in [0.25, 0.3) is 0 Å².